The molecule has 0 aliphatic carbocycles. The number of amides is 1. The van der Waals surface area contributed by atoms with Crippen molar-refractivity contribution in [3.8, 4) is 0 Å². The van der Waals surface area contributed by atoms with Gasteiger partial charge in [0.25, 0.3) is 5.91 Å². The van der Waals surface area contributed by atoms with Crippen molar-refractivity contribution in [1.29, 1.82) is 0 Å². The van der Waals surface area contributed by atoms with Crippen LogP contribution in [-0.4, -0.2) is 22.0 Å². The van der Waals surface area contributed by atoms with Crippen LogP contribution in [0.3, 0.4) is 0 Å². The number of rotatable bonds is 7. The molecule has 0 N–H and O–H groups in total. The Labute approximate surface area is 217 Å². The highest BCUT2D eigenvalue weighted by Gasteiger charge is 2.22. The van der Waals surface area contributed by atoms with Crippen LogP contribution >= 0.6 is 27.3 Å². The van der Waals surface area contributed by atoms with Crippen LogP contribution in [0, 0.1) is 10.1 Å². The third kappa shape index (κ3) is 5.24. The highest BCUT2D eigenvalue weighted by Crippen LogP contribution is 2.32. The maximum atomic E-state index is 13.5. The lowest BCUT2D eigenvalue weighted by molar-refractivity contribution is -0.402. The molecular formula is C26H17BrN4O4S. The van der Waals surface area contributed by atoms with Gasteiger partial charge in [-0.15, -0.1) is 0 Å². The van der Waals surface area contributed by atoms with E-state index < -0.39 is 16.7 Å². The predicted octanol–water partition coefficient (Wildman–Crippen LogP) is 6.83. The summed E-state index contributed by atoms with van der Waals surface area (Å²) in [5, 5.41) is 16.8. The van der Waals surface area contributed by atoms with Crippen LogP contribution in [0.5, 0.6) is 0 Å². The average Bonchev–Trinajstić information content (AvgIpc) is 3.52. The first-order chi connectivity index (χ1) is 17.5. The summed E-state index contributed by atoms with van der Waals surface area (Å²) in [5.74, 6) is -0.661. The number of benzene rings is 3. The number of nitro groups is 1. The normalized spacial score (nSPS) is 11.2. The van der Waals surface area contributed by atoms with Gasteiger partial charge in [-0.05, 0) is 53.9 Å². The molecule has 0 saturated heterocycles. The Morgan fingerprint density at radius 2 is 1.81 bits per heavy atom. The molecule has 0 radical (unpaired) electrons. The third-order valence-corrected chi connectivity index (χ3v) is 6.74. The lowest BCUT2D eigenvalue weighted by Gasteiger charge is -2.14. The van der Waals surface area contributed by atoms with Gasteiger partial charge in [0.2, 0.25) is 5.13 Å². The van der Waals surface area contributed by atoms with Crippen molar-refractivity contribution in [2.75, 3.05) is 5.01 Å². The van der Waals surface area contributed by atoms with E-state index in [1.807, 2.05) is 48.5 Å². The first kappa shape index (κ1) is 23.6. The minimum atomic E-state index is -0.636. The Bertz CT molecular complexity index is 1580. The minimum Gasteiger partial charge on any atom is -0.400 e. The Balaban J connectivity index is 1.46. The van der Waals surface area contributed by atoms with Crippen molar-refractivity contribution in [1.82, 2.24) is 4.98 Å². The van der Waals surface area contributed by atoms with Crippen LogP contribution in [0.4, 0.5) is 11.0 Å². The summed E-state index contributed by atoms with van der Waals surface area (Å²) in [7, 11) is 0. The van der Waals surface area contributed by atoms with E-state index in [1.165, 1.54) is 40.3 Å². The monoisotopic (exact) mass is 560 g/mol. The van der Waals surface area contributed by atoms with E-state index in [9.17, 15) is 14.9 Å². The molecule has 0 unspecified atom stereocenters. The minimum absolute atomic E-state index is 0.140. The number of thiazole rings is 1. The lowest BCUT2D eigenvalue weighted by Crippen LogP contribution is -2.25. The summed E-state index contributed by atoms with van der Waals surface area (Å²) < 4.78 is 6.92. The standard InChI is InChI=1S/C26H17BrN4O4S/c27-20-10-12-22-23(15-20)36-26(29-22)30(28-16-21-11-13-24(35-21)31(33)34)25(32)19-8-6-18(7-9-19)14-17-4-2-1-3-5-17/h1-13,15-16H,14H2/b28-16+. The zero-order chi connectivity index (χ0) is 25.1. The van der Waals surface area contributed by atoms with Crippen molar-refractivity contribution < 1.29 is 14.1 Å². The smallest absolute Gasteiger partial charge is 0.400 e. The SMILES string of the molecule is O=C(c1ccc(Cc2ccccc2)cc1)N(/N=C/c1ccc([N+](=O)[O-])o1)c1nc2ccc(Br)cc2s1. The van der Waals surface area contributed by atoms with Gasteiger partial charge in [-0.1, -0.05) is 69.7 Å². The van der Waals surface area contributed by atoms with Crippen molar-refractivity contribution in [2.24, 2.45) is 5.10 Å². The van der Waals surface area contributed by atoms with Crippen LogP contribution in [0.2, 0.25) is 0 Å². The molecule has 0 spiro atoms. The fraction of sp³-hybridized carbons (Fsp3) is 0.0385. The molecule has 5 rings (SSSR count). The summed E-state index contributed by atoms with van der Waals surface area (Å²) in [6.45, 7) is 0. The van der Waals surface area contributed by atoms with Crippen molar-refractivity contribution >= 4 is 60.6 Å². The number of carbonyl (C=O) groups excluding carboxylic acids is 1. The molecule has 0 aliphatic rings. The van der Waals surface area contributed by atoms with E-state index in [1.54, 1.807) is 12.1 Å². The average molecular weight is 561 g/mol. The first-order valence-corrected chi connectivity index (χ1v) is 12.4. The highest BCUT2D eigenvalue weighted by atomic mass is 79.9. The molecule has 0 saturated carbocycles. The van der Waals surface area contributed by atoms with Gasteiger partial charge in [-0.25, -0.2) is 4.98 Å². The van der Waals surface area contributed by atoms with Gasteiger partial charge < -0.3 is 4.42 Å². The fourth-order valence-corrected chi connectivity index (χ4v) is 4.98. The van der Waals surface area contributed by atoms with Crippen molar-refractivity contribution in [2.45, 2.75) is 6.42 Å². The van der Waals surface area contributed by atoms with Crippen LogP contribution in [0.25, 0.3) is 10.2 Å². The van der Waals surface area contributed by atoms with Gasteiger partial charge in [0.15, 0.2) is 5.76 Å². The second-order valence-corrected chi connectivity index (χ2v) is 9.69. The van der Waals surface area contributed by atoms with E-state index >= 15 is 0 Å². The quantitative estimate of drug-likeness (QED) is 0.123. The van der Waals surface area contributed by atoms with E-state index in [-0.39, 0.29) is 5.76 Å². The Hall–Kier alpha value is -4.15. The topological polar surface area (TPSA) is 102 Å². The highest BCUT2D eigenvalue weighted by molar-refractivity contribution is 9.10. The van der Waals surface area contributed by atoms with Crippen LogP contribution in [0.1, 0.15) is 27.2 Å². The molecule has 10 heteroatoms. The van der Waals surface area contributed by atoms with Gasteiger partial charge in [0.1, 0.15) is 4.92 Å². The second kappa shape index (κ2) is 10.2. The van der Waals surface area contributed by atoms with Crippen LogP contribution in [-0.2, 0) is 6.42 Å². The number of fused-ring (bicyclic) bond motifs is 1. The Morgan fingerprint density at radius 3 is 2.53 bits per heavy atom. The number of hydrazone groups is 1. The number of furan rings is 1. The van der Waals surface area contributed by atoms with Gasteiger partial charge >= 0.3 is 5.88 Å². The Morgan fingerprint density at radius 1 is 1.06 bits per heavy atom. The van der Waals surface area contributed by atoms with Crippen molar-refractivity contribution in [3.05, 3.63) is 122 Å². The summed E-state index contributed by atoms with van der Waals surface area (Å²) in [4.78, 5) is 28.4. The molecule has 178 valence electrons. The number of hydrogen-bond donors (Lipinski definition) is 0. The molecule has 0 aliphatic heterocycles. The maximum absolute atomic E-state index is 13.5. The molecule has 5 aromatic rings. The first-order valence-electron chi connectivity index (χ1n) is 10.8. The zero-order valence-electron chi connectivity index (χ0n) is 18.6. The van der Waals surface area contributed by atoms with Crippen LogP contribution < -0.4 is 5.01 Å². The number of nitrogens with zero attached hydrogens (tertiary/aromatic N) is 4. The summed E-state index contributed by atoms with van der Waals surface area (Å²) in [5.41, 5.74) is 3.39. The molecule has 2 aromatic heterocycles. The molecule has 36 heavy (non-hydrogen) atoms. The Kier molecular flexibility index (Phi) is 6.70. The zero-order valence-corrected chi connectivity index (χ0v) is 21.0. The molecular weight excluding hydrogens is 544 g/mol. The molecule has 0 atom stereocenters. The van der Waals surface area contributed by atoms with E-state index in [4.69, 9.17) is 4.42 Å². The largest absolute Gasteiger partial charge is 0.433 e. The summed E-state index contributed by atoms with van der Waals surface area (Å²) in [6.07, 6.45) is 2.01. The molecule has 0 fully saturated rings. The molecule has 0 bridgehead atoms. The molecule has 3 aromatic carbocycles. The number of aromatic nitrogens is 1. The fourth-order valence-electron chi connectivity index (χ4n) is 3.51. The van der Waals surface area contributed by atoms with Gasteiger partial charge in [0.05, 0.1) is 22.5 Å². The van der Waals surface area contributed by atoms with Gasteiger partial charge in [0, 0.05) is 10.0 Å². The number of halogens is 1. The molecule has 1 amide bonds. The maximum Gasteiger partial charge on any atom is 0.433 e. The van der Waals surface area contributed by atoms with Crippen molar-refractivity contribution in [3.63, 3.8) is 0 Å². The third-order valence-electron chi connectivity index (χ3n) is 5.26. The predicted molar refractivity (Wildman–Crippen MR) is 143 cm³/mol. The van der Waals surface area contributed by atoms with Gasteiger partial charge in [-0.2, -0.15) is 10.1 Å². The lowest BCUT2D eigenvalue weighted by atomic mass is 10.0. The molecule has 8 nitrogen and oxygen atoms in total. The van der Waals surface area contributed by atoms with Crippen LogP contribution in [0.15, 0.2) is 98.9 Å². The summed E-state index contributed by atoms with van der Waals surface area (Å²) in [6, 6.07) is 25.7. The van der Waals surface area contributed by atoms with Gasteiger partial charge in [-0.3, -0.25) is 14.9 Å². The molecule has 2 heterocycles. The second-order valence-electron chi connectivity index (χ2n) is 7.76. The summed E-state index contributed by atoms with van der Waals surface area (Å²) >= 11 is 4.76. The van der Waals surface area contributed by atoms with E-state index in [0.717, 1.165) is 26.7 Å². The number of hydrogen-bond acceptors (Lipinski definition) is 7. The van der Waals surface area contributed by atoms with E-state index in [0.29, 0.717) is 10.7 Å². The van der Waals surface area contributed by atoms with E-state index in [2.05, 4.69) is 38.1 Å². The number of carbonyl (C=O) groups is 1. The number of anilines is 1.